The van der Waals surface area contributed by atoms with Gasteiger partial charge in [0, 0.05) is 17.6 Å². The van der Waals surface area contributed by atoms with Crippen molar-refractivity contribution in [3.63, 3.8) is 0 Å². The van der Waals surface area contributed by atoms with Gasteiger partial charge in [-0.05, 0) is 12.5 Å². The largest absolute Gasteiger partial charge is 0.480 e. The van der Waals surface area contributed by atoms with Gasteiger partial charge in [0.2, 0.25) is 0 Å². The molecule has 0 aliphatic rings. The standard InChI is InChI=1S/C13H14N2O2S/c1-9-8-18-12(15-9)11(13(16)17)14-7-10-5-3-2-4-6-10/h2-6,8,11,14H,7H2,1H3,(H,16,17). The van der Waals surface area contributed by atoms with Crippen molar-refractivity contribution < 1.29 is 9.90 Å². The fourth-order valence-electron chi connectivity index (χ4n) is 1.60. The molecule has 0 aliphatic heterocycles. The number of nitrogens with zero attached hydrogens (tertiary/aromatic N) is 1. The van der Waals surface area contributed by atoms with Crippen molar-refractivity contribution in [1.82, 2.24) is 10.3 Å². The van der Waals surface area contributed by atoms with Crippen LogP contribution in [0.5, 0.6) is 0 Å². The SMILES string of the molecule is Cc1csc(C(NCc2ccccc2)C(=O)O)n1. The highest BCUT2D eigenvalue weighted by atomic mass is 32.1. The summed E-state index contributed by atoms with van der Waals surface area (Å²) in [4.78, 5) is 15.5. The van der Waals surface area contributed by atoms with Crippen LogP contribution in [-0.2, 0) is 11.3 Å². The average molecular weight is 262 g/mol. The van der Waals surface area contributed by atoms with E-state index >= 15 is 0 Å². The van der Waals surface area contributed by atoms with E-state index in [4.69, 9.17) is 0 Å². The maximum absolute atomic E-state index is 11.2. The van der Waals surface area contributed by atoms with E-state index in [2.05, 4.69) is 10.3 Å². The highest BCUT2D eigenvalue weighted by Gasteiger charge is 2.22. The van der Waals surface area contributed by atoms with Crippen LogP contribution in [0.2, 0.25) is 0 Å². The lowest BCUT2D eigenvalue weighted by Crippen LogP contribution is -2.28. The average Bonchev–Trinajstić information content (AvgIpc) is 2.77. The van der Waals surface area contributed by atoms with Gasteiger partial charge in [0.15, 0.2) is 6.04 Å². The molecular formula is C13H14N2O2S. The number of carbonyl (C=O) groups is 1. The monoisotopic (exact) mass is 262 g/mol. The van der Waals surface area contributed by atoms with E-state index in [1.54, 1.807) is 0 Å². The van der Waals surface area contributed by atoms with E-state index in [1.807, 2.05) is 42.6 Å². The highest BCUT2D eigenvalue weighted by molar-refractivity contribution is 7.09. The predicted molar refractivity (Wildman–Crippen MR) is 70.5 cm³/mol. The van der Waals surface area contributed by atoms with Gasteiger partial charge in [0.05, 0.1) is 0 Å². The molecular weight excluding hydrogens is 248 g/mol. The Hall–Kier alpha value is -1.72. The zero-order valence-electron chi connectivity index (χ0n) is 9.96. The number of aromatic nitrogens is 1. The van der Waals surface area contributed by atoms with Crippen LogP contribution >= 0.6 is 11.3 Å². The minimum absolute atomic E-state index is 0.510. The third-order valence-corrected chi connectivity index (χ3v) is 3.51. The van der Waals surface area contributed by atoms with Crippen molar-refractivity contribution in [2.45, 2.75) is 19.5 Å². The first kappa shape index (κ1) is 12.7. The van der Waals surface area contributed by atoms with Crippen LogP contribution in [0.15, 0.2) is 35.7 Å². The Morgan fingerprint density at radius 2 is 2.17 bits per heavy atom. The molecule has 0 saturated carbocycles. The van der Waals surface area contributed by atoms with Gasteiger partial charge in [-0.25, -0.2) is 4.98 Å². The van der Waals surface area contributed by atoms with Crippen molar-refractivity contribution in [3.8, 4) is 0 Å². The van der Waals surface area contributed by atoms with Gasteiger partial charge in [0.1, 0.15) is 5.01 Å². The summed E-state index contributed by atoms with van der Waals surface area (Å²) in [5, 5.41) is 14.7. The molecule has 1 atom stereocenters. The Balaban J connectivity index is 2.06. The molecule has 0 amide bonds. The summed E-state index contributed by atoms with van der Waals surface area (Å²) >= 11 is 1.37. The molecule has 1 heterocycles. The van der Waals surface area contributed by atoms with Crippen molar-refractivity contribution >= 4 is 17.3 Å². The van der Waals surface area contributed by atoms with E-state index in [-0.39, 0.29) is 0 Å². The van der Waals surface area contributed by atoms with E-state index in [9.17, 15) is 9.90 Å². The zero-order valence-corrected chi connectivity index (χ0v) is 10.8. The summed E-state index contributed by atoms with van der Waals surface area (Å²) in [5.74, 6) is -0.903. The number of aryl methyl sites for hydroxylation is 1. The van der Waals surface area contributed by atoms with Gasteiger partial charge in [-0.15, -0.1) is 11.3 Å². The second-order valence-electron chi connectivity index (χ2n) is 3.96. The predicted octanol–water partition coefficient (Wildman–Crippen LogP) is 2.37. The van der Waals surface area contributed by atoms with Crippen LogP contribution in [0.4, 0.5) is 0 Å². The first-order valence-corrected chi connectivity index (χ1v) is 6.47. The van der Waals surface area contributed by atoms with Crippen LogP contribution in [0, 0.1) is 6.92 Å². The number of carboxylic acid groups (broad SMARTS) is 1. The third-order valence-electron chi connectivity index (χ3n) is 2.48. The van der Waals surface area contributed by atoms with Crippen molar-refractivity contribution in [1.29, 1.82) is 0 Å². The molecule has 2 N–H and O–H groups in total. The fourth-order valence-corrected chi connectivity index (χ4v) is 2.46. The number of benzene rings is 1. The molecule has 4 nitrogen and oxygen atoms in total. The number of hydrogen-bond acceptors (Lipinski definition) is 4. The van der Waals surface area contributed by atoms with Gasteiger partial charge in [0.25, 0.3) is 0 Å². The Morgan fingerprint density at radius 3 is 2.72 bits per heavy atom. The maximum Gasteiger partial charge on any atom is 0.327 e. The summed E-state index contributed by atoms with van der Waals surface area (Å²) in [5.41, 5.74) is 1.90. The Morgan fingerprint density at radius 1 is 1.44 bits per heavy atom. The minimum Gasteiger partial charge on any atom is -0.480 e. The minimum atomic E-state index is -0.903. The molecule has 5 heteroatoms. The van der Waals surface area contributed by atoms with Crippen LogP contribution in [0.1, 0.15) is 22.3 Å². The maximum atomic E-state index is 11.2. The lowest BCUT2D eigenvalue weighted by molar-refractivity contribution is -0.139. The molecule has 2 rings (SSSR count). The summed E-state index contributed by atoms with van der Waals surface area (Å²) in [6.07, 6.45) is 0. The molecule has 1 unspecified atom stereocenters. The summed E-state index contributed by atoms with van der Waals surface area (Å²) in [7, 11) is 0. The first-order valence-electron chi connectivity index (χ1n) is 5.59. The zero-order chi connectivity index (χ0) is 13.0. The number of hydrogen-bond donors (Lipinski definition) is 2. The Bertz CT molecular complexity index is 525. The summed E-state index contributed by atoms with van der Waals surface area (Å²) in [6, 6.07) is 8.96. The number of rotatable bonds is 5. The summed E-state index contributed by atoms with van der Waals surface area (Å²) < 4.78 is 0. The van der Waals surface area contributed by atoms with Gasteiger partial charge in [-0.3, -0.25) is 10.1 Å². The molecule has 0 saturated heterocycles. The number of carboxylic acids is 1. The lowest BCUT2D eigenvalue weighted by atomic mass is 10.2. The number of aliphatic carboxylic acids is 1. The summed E-state index contributed by atoms with van der Waals surface area (Å²) in [6.45, 7) is 2.37. The van der Waals surface area contributed by atoms with Crippen LogP contribution in [0.25, 0.3) is 0 Å². The second-order valence-corrected chi connectivity index (χ2v) is 4.85. The van der Waals surface area contributed by atoms with Crippen molar-refractivity contribution in [3.05, 3.63) is 52.0 Å². The molecule has 0 spiro atoms. The van der Waals surface area contributed by atoms with E-state index in [0.29, 0.717) is 11.6 Å². The molecule has 1 aromatic carbocycles. The molecule has 1 aromatic heterocycles. The van der Waals surface area contributed by atoms with E-state index in [0.717, 1.165) is 11.3 Å². The molecule has 94 valence electrons. The van der Waals surface area contributed by atoms with Gasteiger partial charge in [-0.2, -0.15) is 0 Å². The molecule has 0 fully saturated rings. The van der Waals surface area contributed by atoms with Crippen LogP contribution in [0.3, 0.4) is 0 Å². The van der Waals surface area contributed by atoms with Gasteiger partial charge >= 0.3 is 5.97 Å². The van der Waals surface area contributed by atoms with E-state index < -0.39 is 12.0 Å². The molecule has 0 aliphatic carbocycles. The molecule has 18 heavy (non-hydrogen) atoms. The smallest absolute Gasteiger partial charge is 0.327 e. The van der Waals surface area contributed by atoms with Crippen molar-refractivity contribution in [2.75, 3.05) is 0 Å². The highest BCUT2D eigenvalue weighted by Crippen LogP contribution is 2.18. The van der Waals surface area contributed by atoms with Crippen LogP contribution in [-0.4, -0.2) is 16.1 Å². The lowest BCUT2D eigenvalue weighted by Gasteiger charge is -2.11. The Kier molecular flexibility index (Phi) is 4.07. The molecule has 0 radical (unpaired) electrons. The van der Waals surface area contributed by atoms with Crippen LogP contribution < -0.4 is 5.32 Å². The third kappa shape index (κ3) is 3.15. The normalized spacial score (nSPS) is 12.3. The second kappa shape index (κ2) is 5.75. The van der Waals surface area contributed by atoms with Gasteiger partial charge < -0.3 is 5.11 Å². The van der Waals surface area contributed by atoms with Gasteiger partial charge in [-0.1, -0.05) is 30.3 Å². The quantitative estimate of drug-likeness (QED) is 0.868. The number of nitrogens with one attached hydrogen (secondary N) is 1. The topological polar surface area (TPSA) is 62.2 Å². The molecule has 2 aromatic rings. The van der Waals surface area contributed by atoms with Crippen molar-refractivity contribution in [2.24, 2.45) is 0 Å². The first-order chi connectivity index (χ1) is 8.66. The molecule has 0 bridgehead atoms. The number of thiazole rings is 1. The fraction of sp³-hybridized carbons (Fsp3) is 0.231. The van der Waals surface area contributed by atoms with E-state index in [1.165, 1.54) is 11.3 Å². The Labute approximate surface area is 109 Å².